The van der Waals surface area contributed by atoms with E-state index in [1.54, 1.807) is 0 Å². The highest BCUT2D eigenvalue weighted by Gasteiger charge is 2.00. The number of nitrogens with zero attached hydrogens (tertiary/aromatic N) is 1. The van der Waals surface area contributed by atoms with Crippen LogP contribution in [0.5, 0.6) is 0 Å². The number of benzene rings is 1. The van der Waals surface area contributed by atoms with E-state index < -0.39 is 0 Å². The van der Waals surface area contributed by atoms with E-state index in [0.717, 1.165) is 22.4 Å². The smallest absolute Gasteiger partial charge is 0.0594 e. The Morgan fingerprint density at radius 2 is 1.88 bits per heavy atom. The fraction of sp³-hybridized carbons (Fsp3) is 0.214. The molecule has 0 aliphatic carbocycles. The Morgan fingerprint density at radius 1 is 1.12 bits per heavy atom. The monoisotopic (exact) mass is 290 g/mol. The maximum absolute atomic E-state index is 4.36. The Labute approximate surface area is 110 Å². The molecular weight excluding hydrogens is 276 g/mol. The molecule has 0 saturated carbocycles. The van der Waals surface area contributed by atoms with Crippen molar-refractivity contribution in [3.05, 3.63) is 57.8 Å². The molecule has 0 saturated heterocycles. The summed E-state index contributed by atoms with van der Waals surface area (Å²) in [5, 5.41) is 3.37. The van der Waals surface area contributed by atoms with E-state index >= 15 is 0 Å². The highest BCUT2D eigenvalue weighted by atomic mass is 79.9. The molecule has 0 atom stereocenters. The molecule has 1 heterocycles. The fourth-order valence-electron chi connectivity index (χ4n) is 1.55. The molecule has 1 aromatic carbocycles. The van der Waals surface area contributed by atoms with Crippen molar-refractivity contribution < 1.29 is 0 Å². The van der Waals surface area contributed by atoms with Crippen LogP contribution in [0.2, 0.25) is 0 Å². The molecule has 0 aliphatic rings. The Bertz CT molecular complexity index is 506. The largest absolute Gasteiger partial charge is 0.378 e. The summed E-state index contributed by atoms with van der Waals surface area (Å²) < 4.78 is 1.09. The molecule has 0 spiro atoms. The highest BCUT2D eigenvalue weighted by molar-refractivity contribution is 9.10. The first kappa shape index (κ1) is 12.1. The highest BCUT2D eigenvalue weighted by Crippen LogP contribution is 2.23. The van der Waals surface area contributed by atoms with Crippen molar-refractivity contribution in [2.45, 2.75) is 20.4 Å². The number of pyridine rings is 1. The van der Waals surface area contributed by atoms with E-state index in [0.29, 0.717) is 0 Å². The van der Waals surface area contributed by atoms with E-state index in [-0.39, 0.29) is 0 Å². The van der Waals surface area contributed by atoms with Crippen molar-refractivity contribution in [1.29, 1.82) is 0 Å². The molecule has 2 aromatic rings. The van der Waals surface area contributed by atoms with Crippen LogP contribution in [-0.2, 0) is 6.54 Å². The van der Waals surface area contributed by atoms with Gasteiger partial charge in [0, 0.05) is 16.4 Å². The Kier molecular flexibility index (Phi) is 3.79. The van der Waals surface area contributed by atoms with E-state index in [9.17, 15) is 0 Å². The van der Waals surface area contributed by atoms with Gasteiger partial charge in [-0.05, 0) is 59.1 Å². The normalized spacial score (nSPS) is 10.3. The molecule has 0 fully saturated rings. The molecule has 2 rings (SSSR count). The van der Waals surface area contributed by atoms with Gasteiger partial charge >= 0.3 is 0 Å². The van der Waals surface area contributed by atoms with Crippen LogP contribution in [-0.4, -0.2) is 4.98 Å². The topological polar surface area (TPSA) is 24.9 Å². The number of rotatable bonds is 3. The summed E-state index contributed by atoms with van der Waals surface area (Å²) in [5.74, 6) is 0. The van der Waals surface area contributed by atoms with E-state index in [1.807, 2.05) is 19.2 Å². The molecule has 1 aromatic heterocycles. The molecule has 0 radical (unpaired) electrons. The third-order valence-electron chi connectivity index (χ3n) is 2.56. The second-order valence-electron chi connectivity index (χ2n) is 4.16. The number of aryl methyl sites for hydroxylation is 2. The van der Waals surface area contributed by atoms with Gasteiger partial charge in [-0.25, -0.2) is 0 Å². The fourth-order valence-corrected chi connectivity index (χ4v) is 2.19. The number of hydrogen-bond acceptors (Lipinski definition) is 2. The second kappa shape index (κ2) is 5.32. The third kappa shape index (κ3) is 3.30. The Balaban J connectivity index is 2.04. The Morgan fingerprint density at radius 3 is 2.53 bits per heavy atom. The molecule has 0 aliphatic heterocycles. The summed E-state index contributed by atoms with van der Waals surface area (Å²) >= 11 is 3.55. The molecule has 0 unspecified atom stereocenters. The summed E-state index contributed by atoms with van der Waals surface area (Å²) in [4.78, 5) is 4.36. The lowest BCUT2D eigenvalue weighted by molar-refractivity contribution is 1.03. The van der Waals surface area contributed by atoms with Gasteiger partial charge in [-0.3, -0.25) is 4.98 Å². The summed E-state index contributed by atoms with van der Waals surface area (Å²) in [5.41, 5.74) is 4.57. The average Bonchev–Trinajstić information content (AvgIpc) is 2.30. The van der Waals surface area contributed by atoms with Crippen LogP contribution in [0.15, 0.2) is 41.0 Å². The second-order valence-corrected chi connectivity index (χ2v) is 5.02. The SMILES string of the molecule is Cc1ccc(CNc2ccc(C)cc2Br)nc1. The standard InChI is InChI=1S/C14H15BrN2/c1-10-4-6-14(13(15)7-10)17-9-12-5-3-11(2)8-16-12/h3-8,17H,9H2,1-2H3. The van der Waals surface area contributed by atoms with Crippen LogP contribution in [0.4, 0.5) is 5.69 Å². The van der Waals surface area contributed by atoms with Gasteiger partial charge in [0.05, 0.1) is 12.2 Å². The Hall–Kier alpha value is -1.35. The maximum Gasteiger partial charge on any atom is 0.0594 e. The van der Waals surface area contributed by atoms with Gasteiger partial charge in [0.15, 0.2) is 0 Å². The first-order chi connectivity index (χ1) is 8.15. The molecule has 0 amide bonds. The van der Waals surface area contributed by atoms with Crippen LogP contribution in [0.1, 0.15) is 16.8 Å². The number of nitrogens with one attached hydrogen (secondary N) is 1. The van der Waals surface area contributed by atoms with Crippen LogP contribution in [0, 0.1) is 13.8 Å². The van der Waals surface area contributed by atoms with Crippen molar-refractivity contribution in [1.82, 2.24) is 4.98 Å². The predicted octanol–water partition coefficient (Wildman–Crippen LogP) is 4.07. The number of anilines is 1. The lowest BCUT2D eigenvalue weighted by atomic mass is 10.2. The molecule has 1 N–H and O–H groups in total. The average molecular weight is 291 g/mol. The van der Waals surface area contributed by atoms with Gasteiger partial charge in [0.25, 0.3) is 0 Å². The number of aromatic nitrogens is 1. The lowest BCUT2D eigenvalue weighted by Crippen LogP contribution is -2.02. The zero-order valence-corrected chi connectivity index (χ0v) is 11.6. The molecule has 88 valence electrons. The quantitative estimate of drug-likeness (QED) is 0.922. The molecule has 17 heavy (non-hydrogen) atoms. The van der Waals surface area contributed by atoms with Crippen LogP contribution >= 0.6 is 15.9 Å². The van der Waals surface area contributed by atoms with Gasteiger partial charge < -0.3 is 5.32 Å². The van der Waals surface area contributed by atoms with E-state index in [2.05, 4.69) is 57.4 Å². The summed E-state index contributed by atoms with van der Waals surface area (Å²) in [7, 11) is 0. The van der Waals surface area contributed by atoms with Crippen molar-refractivity contribution in [3.8, 4) is 0 Å². The van der Waals surface area contributed by atoms with Crippen molar-refractivity contribution in [2.24, 2.45) is 0 Å². The van der Waals surface area contributed by atoms with E-state index in [1.165, 1.54) is 11.1 Å². The van der Waals surface area contributed by atoms with Gasteiger partial charge in [0.1, 0.15) is 0 Å². The van der Waals surface area contributed by atoms with Gasteiger partial charge in [-0.15, -0.1) is 0 Å². The minimum atomic E-state index is 0.738. The number of hydrogen-bond donors (Lipinski definition) is 1. The maximum atomic E-state index is 4.36. The van der Waals surface area contributed by atoms with Crippen LogP contribution < -0.4 is 5.32 Å². The minimum absolute atomic E-state index is 0.738. The first-order valence-electron chi connectivity index (χ1n) is 5.57. The minimum Gasteiger partial charge on any atom is -0.378 e. The van der Waals surface area contributed by atoms with Crippen LogP contribution in [0.25, 0.3) is 0 Å². The molecule has 0 bridgehead atoms. The van der Waals surface area contributed by atoms with Crippen molar-refractivity contribution in [2.75, 3.05) is 5.32 Å². The zero-order valence-electron chi connectivity index (χ0n) is 10.00. The molecule has 3 heteroatoms. The van der Waals surface area contributed by atoms with Crippen molar-refractivity contribution >= 4 is 21.6 Å². The zero-order chi connectivity index (χ0) is 12.3. The van der Waals surface area contributed by atoms with Gasteiger partial charge in [-0.2, -0.15) is 0 Å². The van der Waals surface area contributed by atoms with Crippen molar-refractivity contribution in [3.63, 3.8) is 0 Å². The summed E-state index contributed by atoms with van der Waals surface area (Å²) in [6.07, 6.45) is 1.89. The first-order valence-corrected chi connectivity index (χ1v) is 6.36. The van der Waals surface area contributed by atoms with Gasteiger partial charge in [-0.1, -0.05) is 12.1 Å². The lowest BCUT2D eigenvalue weighted by Gasteiger charge is -2.09. The van der Waals surface area contributed by atoms with E-state index in [4.69, 9.17) is 0 Å². The van der Waals surface area contributed by atoms with Gasteiger partial charge in [0.2, 0.25) is 0 Å². The summed E-state index contributed by atoms with van der Waals surface area (Å²) in [6, 6.07) is 10.4. The molecule has 2 nitrogen and oxygen atoms in total. The summed E-state index contributed by atoms with van der Waals surface area (Å²) in [6.45, 7) is 4.86. The number of halogens is 1. The third-order valence-corrected chi connectivity index (χ3v) is 3.21. The van der Waals surface area contributed by atoms with Crippen LogP contribution in [0.3, 0.4) is 0 Å². The predicted molar refractivity (Wildman–Crippen MR) is 75.2 cm³/mol. The molecular formula is C14H15BrN2.